The van der Waals surface area contributed by atoms with Crippen molar-refractivity contribution in [2.75, 3.05) is 19.6 Å². The van der Waals surface area contributed by atoms with Gasteiger partial charge in [0.25, 0.3) is 0 Å². The van der Waals surface area contributed by atoms with Crippen LogP contribution in [0.1, 0.15) is 27.7 Å². The lowest BCUT2D eigenvalue weighted by Gasteiger charge is -2.48. The van der Waals surface area contributed by atoms with Crippen LogP contribution in [0.15, 0.2) is 11.6 Å². The van der Waals surface area contributed by atoms with Crippen LogP contribution in [-0.2, 0) is 0 Å². The third kappa shape index (κ3) is 2.55. The van der Waals surface area contributed by atoms with E-state index >= 15 is 0 Å². The maximum absolute atomic E-state index is 9.96. The molecular weight excluding hydrogens is 162 g/mol. The summed E-state index contributed by atoms with van der Waals surface area (Å²) in [7, 11) is 0. The monoisotopic (exact) mass is 183 g/mol. The Morgan fingerprint density at radius 1 is 1.46 bits per heavy atom. The van der Waals surface area contributed by atoms with Crippen LogP contribution in [-0.4, -0.2) is 35.2 Å². The lowest BCUT2D eigenvalue weighted by Crippen LogP contribution is -2.64. The molecular formula is C11H21NO. The third-order valence-corrected chi connectivity index (χ3v) is 2.83. The minimum Gasteiger partial charge on any atom is -0.387 e. The largest absolute Gasteiger partial charge is 0.387 e. The molecule has 0 atom stereocenters. The fourth-order valence-electron chi connectivity index (χ4n) is 1.53. The maximum Gasteiger partial charge on any atom is 0.0923 e. The molecule has 1 rings (SSSR count). The van der Waals surface area contributed by atoms with Crippen LogP contribution < -0.4 is 0 Å². The van der Waals surface area contributed by atoms with Crippen molar-refractivity contribution >= 4 is 0 Å². The summed E-state index contributed by atoms with van der Waals surface area (Å²) in [4.78, 5) is 2.27. The Kier molecular flexibility index (Phi) is 3.14. The van der Waals surface area contributed by atoms with Gasteiger partial charge in [0.2, 0.25) is 0 Å². The molecule has 0 aromatic heterocycles. The van der Waals surface area contributed by atoms with Crippen LogP contribution >= 0.6 is 0 Å². The average Bonchev–Trinajstić information content (AvgIpc) is 1.95. The second kappa shape index (κ2) is 3.81. The van der Waals surface area contributed by atoms with Gasteiger partial charge in [0.1, 0.15) is 0 Å². The summed E-state index contributed by atoms with van der Waals surface area (Å²) in [6.07, 6.45) is 2.21. The van der Waals surface area contributed by atoms with Crippen LogP contribution in [0.2, 0.25) is 0 Å². The Hall–Kier alpha value is -0.340. The smallest absolute Gasteiger partial charge is 0.0923 e. The van der Waals surface area contributed by atoms with E-state index in [-0.39, 0.29) is 0 Å². The lowest BCUT2D eigenvalue weighted by molar-refractivity contribution is -0.123. The van der Waals surface area contributed by atoms with E-state index in [9.17, 15) is 5.11 Å². The van der Waals surface area contributed by atoms with Gasteiger partial charge in [-0.3, -0.25) is 4.90 Å². The summed E-state index contributed by atoms with van der Waals surface area (Å²) in [5.74, 6) is 0.371. The zero-order valence-corrected chi connectivity index (χ0v) is 9.17. The van der Waals surface area contributed by atoms with Gasteiger partial charge >= 0.3 is 0 Å². The van der Waals surface area contributed by atoms with Crippen molar-refractivity contribution in [1.82, 2.24) is 4.90 Å². The molecule has 2 heteroatoms. The summed E-state index contributed by atoms with van der Waals surface area (Å²) in [6, 6.07) is 0. The molecule has 1 saturated heterocycles. The molecule has 0 unspecified atom stereocenters. The van der Waals surface area contributed by atoms with Crippen LogP contribution in [0.3, 0.4) is 0 Å². The molecule has 0 aromatic carbocycles. The lowest BCUT2D eigenvalue weighted by atomic mass is 9.83. The van der Waals surface area contributed by atoms with Gasteiger partial charge in [-0.2, -0.15) is 0 Å². The maximum atomic E-state index is 9.96. The molecule has 1 aliphatic rings. The standard InChI is InChI=1S/C11H21NO/c1-9(2)5-6-12-7-11(13,8-12)10(3)4/h5,10,13H,6-8H2,1-4H3. The molecule has 13 heavy (non-hydrogen) atoms. The van der Waals surface area contributed by atoms with Gasteiger partial charge in [0.15, 0.2) is 0 Å². The van der Waals surface area contributed by atoms with Crippen LogP contribution in [0, 0.1) is 5.92 Å². The highest BCUT2D eigenvalue weighted by molar-refractivity contribution is 5.02. The molecule has 0 spiro atoms. The fourth-order valence-corrected chi connectivity index (χ4v) is 1.53. The average molecular weight is 183 g/mol. The highest BCUT2D eigenvalue weighted by Gasteiger charge is 2.42. The second-order valence-corrected chi connectivity index (χ2v) is 4.71. The van der Waals surface area contributed by atoms with Gasteiger partial charge in [0, 0.05) is 19.6 Å². The van der Waals surface area contributed by atoms with Crippen molar-refractivity contribution in [2.24, 2.45) is 5.92 Å². The first-order valence-corrected chi connectivity index (χ1v) is 5.02. The molecule has 2 nitrogen and oxygen atoms in total. The topological polar surface area (TPSA) is 23.5 Å². The van der Waals surface area contributed by atoms with E-state index in [2.05, 4.69) is 38.7 Å². The number of rotatable bonds is 3. The zero-order chi connectivity index (χ0) is 10.1. The van der Waals surface area contributed by atoms with Crippen molar-refractivity contribution < 1.29 is 5.11 Å². The van der Waals surface area contributed by atoms with Gasteiger partial charge in [-0.25, -0.2) is 0 Å². The molecule has 0 radical (unpaired) electrons. The Morgan fingerprint density at radius 2 is 2.00 bits per heavy atom. The molecule has 1 heterocycles. The van der Waals surface area contributed by atoms with Gasteiger partial charge in [-0.1, -0.05) is 25.5 Å². The highest BCUT2D eigenvalue weighted by Crippen LogP contribution is 2.28. The number of hydrogen-bond donors (Lipinski definition) is 1. The minimum absolute atomic E-state index is 0.371. The second-order valence-electron chi connectivity index (χ2n) is 4.71. The van der Waals surface area contributed by atoms with Crippen LogP contribution in [0.4, 0.5) is 0 Å². The Bertz CT molecular complexity index is 198. The quantitative estimate of drug-likeness (QED) is 0.673. The van der Waals surface area contributed by atoms with Crippen molar-refractivity contribution in [3.63, 3.8) is 0 Å². The highest BCUT2D eigenvalue weighted by atomic mass is 16.3. The molecule has 0 saturated carbocycles. The summed E-state index contributed by atoms with van der Waals surface area (Å²) in [5, 5.41) is 9.96. The normalized spacial score (nSPS) is 21.4. The SMILES string of the molecule is CC(C)=CCN1CC(O)(C(C)C)C1. The minimum atomic E-state index is -0.421. The van der Waals surface area contributed by atoms with E-state index in [1.807, 2.05) is 0 Å². The van der Waals surface area contributed by atoms with E-state index in [1.165, 1.54) is 5.57 Å². The Morgan fingerprint density at radius 3 is 2.38 bits per heavy atom. The Labute approximate surface area is 81.2 Å². The van der Waals surface area contributed by atoms with Crippen molar-refractivity contribution in [1.29, 1.82) is 0 Å². The molecule has 1 N–H and O–H groups in total. The van der Waals surface area contributed by atoms with Gasteiger partial charge in [0.05, 0.1) is 5.60 Å². The number of hydrogen-bond acceptors (Lipinski definition) is 2. The fraction of sp³-hybridized carbons (Fsp3) is 0.818. The zero-order valence-electron chi connectivity index (χ0n) is 9.17. The predicted octanol–water partition coefficient (Wildman–Crippen LogP) is 1.66. The van der Waals surface area contributed by atoms with Crippen molar-refractivity contribution in [2.45, 2.75) is 33.3 Å². The third-order valence-electron chi connectivity index (χ3n) is 2.83. The van der Waals surface area contributed by atoms with Gasteiger partial charge in [-0.15, -0.1) is 0 Å². The van der Waals surface area contributed by atoms with E-state index < -0.39 is 5.60 Å². The number of allylic oxidation sites excluding steroid dienone is 1. The molecule has 76 valence electrons. The number of aliphatic hydroxyl groups is 1. The van der Waals surface area contributed by atoms with Gasteiger partial charge in [-0.05, 0) is 19.8 Å². The van der Waals surface area contributed by atoms with Gasteiger partial charge < -0.3 is 5.11 Å². The van der Waals surface area contributed by atoms with Crippen LogP contribution in [0.5, 0.6) is 0 Å². The molecule has 0 amide bonds. The first-order valence-electron chi connectivity index (χ1n) is 5.02. The van der Waals surface area contributed by atoms with Crippen molar-refractivity contribution in [3.8, 4) is 0 Å². The number of likely N-dealkylation sites (tertiary alicyclic amines) is 1. The molecule has 0 bridgehead atoms. The molecule has 1 fully saturated rings. The molecule has 0 aliphatic carbocycles. The summed E-state index contributed by atoms with van der Waals surface area (Å²) < 4.78 is 0. The van der Waals surface area contributed by atoms with Crippen molar-refractivity contribution in [3.05, 3.63) is 11.6 Å². The number of β-amino-alcohol motifs (C(OH)–C–C–N with tert-alkyl or cyclic N) is 1. The first-order chi connectivity index (χ1) is 5.94. The molecule has 1 aliphatic heterocycles. The van der Waals surface area contributed by atoms with E-state index in [0.29, 0.717) is 5.92 Å². The predicted molar refractivity (Wildman–Crippen MR) is 55.7 cm³/mol. The molecule has 0 aromatic rings. The van der Waals surface area contributed by atoms with E-state index in [0.717, 1.165) is 19.6 Å². The first kappa shape index (κ1) is 10.7. The summed E-state index contributed by atoms with van der Waals surface area (Å²) in [5.41, 5.74) is 0.926. The summed E-state index contributed by atoms with van der Waals surface area (Å²) >= 11 is 0. The van der Waals surface area contributed by atoms with Crippen LogP contribution in [0.25, 0.3) is 0 Å². The van der Waals surface area contributed by atoms with E-state index in [4.69, 9.17) is 0 Å². The number of nitrogens with zero attached hydrogens (tertiary/aromatic N) is 1. The van der Waals surface area contributed by atoms with E-state index in [1.54, 1.807) is 0 Å². The Balaban J connectivity index is 2.29. The summed E-state index contributed by atoms with van der Waals surface area (Å²) in [6.45, 7) is 11.0.